The summed E-state index contributed by atoms with van der Waals surface area (Å²) < 4.78 is 38.8. The normalized spacial score (nSPS) is 21.8. The second-order valence-corrected chi connectivity index (χ2v) is 7.90. The monoisotopic (exact) mass is 401 g/mol. The number of thioether (sulfide) groups is 1. The topological polar surface area (TPSA) is 52.7 Å². The predicted molar refractivity (Wildman–Crippen MR) is 97.2 cm³/mol. The molecular formula is C18H22F3N3O2S. The van der Waals surface area contributed by atoms with Gasteiger partial charge in [-0.15, -0.1) is 0 Å². The zero-order chi connectivity index (χ0) is 19.4. The minimum atomic E-state index is -4.41. The third-order valence-corrected chi connectivity index (χ3v) is 5.76. The number of nitrogens with zero attached hydrogens (tertiary/aromatic N) is 2. The lowest BCUT2D eigenvalue weighted by Gasteiger charge is -2.36. The van der Waals surface area contributed by atoms with Crippen LogP contribution in [0.4, 0.5) is 13.2 Å². The Morgan fingerprint density at radius 2 is 1.96 bits per heavy atom. The SMILES string of the molecule is O=C1NCCN(Cc2cccc(C(F)(F)F)c2)[C@@H]1CC(=O)N1CCSCC1. The zero-order valence-electron chi connectivity index (χ0n) is 14.8. The van der Waals surface area contributed by atoms with Gasteiger partial charge in [0.05, 0.1) is 18.0 Å². The van der Waals surface area contributed by atoms with Crippen molar-refractivity contribution in [2.24, 2.45) is 0 Å². The van der Waals surface area contributed by atoms with Crippen molar-refractivity contribution in [3.63, 3.8) is 0 Å². The number of hydrogen-bond acceptors (Lipinski definition) is 4. The second kappa shape index (κ2) is 8.52. The van der Waals surface area contributed by atoms with Crippen molar-refractivity contribution in [3.05, 3.63) is 35.4 Å². The van der Waals surface area contributed by atoms with Crippen molar-refractivity contribution in [2.45, 2.75) is 25.2 Å². The van der Waals surface area contributed by atoms with Gasteiger partial charge in [0.25, 0.3) is 0 Å². The molecule has 1 aromatic carbocycles. The highest BCUT2D eigenvalue weighted by Gasteiger charge is 2.34. The van der Waals surface area contributed by atoms with E-state index in [1.807, 2.05) is 0 Å². The number of benzene rings is 1. The highest BCUT2D eigenvalue weighted by Crippen LogP contribution is 2.30. The van der Waals surface area contributed by atoms with Crippen LogP contribution in [0.3, 0.4) is 0 Å². The minimum Gasteiger partial charge on any atom is -0.353 e. The molecular weight excluding hydrogens is 379 g/mol. The van der Waals surface area contributed by atoms with E-state index in [4.69, 9.17) is 0 Å². The van der Waals surface area contributed by atoms with Crippen molar-refractivity contribution in [3.8, 4) is 0 Å². The van der Waals surface area contributed by atoms with E-state index in [1.165, 1.54) is 6.07 Å². The maximum atomic E-state index is 12.9. The first-order valence-corrected chi connectivity index (χ1v) is 10.0. The van der Waals surface area contributed by atoms with E-state index in [2.05, 4.69) is 5.32 Å². The molecule has 27 heavy (non-hydrogen) atoms. The van der Waals surface area contributed by atoms with Gasteiger partial charge in [0.1, 0.15) is 0 Å². The van der Waals surface area contributed by atoms with Gasteiger partial charge in [-0.3, -0.25) is 14.5 Å². The number of amides is 2. The number of nitrogens with one attached hydrogen (secondary N) is 1. The molecule has 0 aliphatic carbocycles. The summed E-state index contributed by atoms with van der Waals surface area (Å²) in [4.78, 5) is 28.4. The average molecular weight is 401 g/mol. The molecule has 148 valence electrons. The van der Waals surface area contributed by atoms with Gasteiger partial charge in [-0.1, -0.05) is 18.2 Å². The van der Waals surface area contributed by atoms with Crippen LogP contribution in [0.15, 0.2) is 24.3 Å². The summed E-state index contributed by atoms with van der Waals surface area (Å²) in [7, 11) is 0. The Kier molecular flexibility index (Phi) is 6.31. The van der Waals surface area contributed by atoms with Gasteiger partial charge in [-0.2, -0.15) is 24.9 Å². The average Bonchev–Trinajstić information content (AvgIpc) is 2.65. The fourth-order valence-corrected chi connectivity index (χ4v) is 4.26. The van der Waals surface area contributed by atoms with E-state index in [0.717, 1.165) is 23.6 Å². The Balaban J connectivity index is 1.70. The maximum Gasteiger partial charge on any atom is 0.416 e. The summed E-state index contributed by atoms with van der Waals surface area (Å²) in [5.41, 5.74) is -0.230. The van der Waals surface area contributed by atoms with Crippen LogP contribution in [0, 0.1) is 0 Å². The molecule has 5 nitrogen and oxygen atoms in total. The molecule has 1 aromatic rings. The molecule has 0 aromatic heterocycles. The number of carbonyl (C=O) groups excluding carboxylic acids is 2. The summed E-state index contributed by atoms with van der Waals surface area (Å²) in [6, 6.07) is 4.46. The molecule has 0 bridgehead atoms. The van der Waals surface area contributed by atoms with Crippen molar-refractivity contribution in [1.82, 2.24) is 15.1 Å². The van der Waals surface area contributed by atoms with E-state index in [1.54, 1.807) is 27.6 Å². The number of rotatable bonds is 4. The van der Waals surface area contributed by atoms with Crippen LogP contribution < -0.4 is 5.32 Å². The van der Waals surface area contributed by atoms with Crippen molar-refractivity contribution in [2.75, 3.05) is 37.7 Å². The lowest BCUT2D eigenvalue weighted by molar-refractivity contribution is -0.139. The van der Waals surface area contributed by atoms with Gasteiger partial charge >= 0.3 is 6.18 Å². The molecule has 2 saturated heterocycles. The molecule has 0 saturated carbocycles. The molecule has 2 amide bonds. The van der Waals surface area contributed by atoms with Crippen LogP contribution in [0.5, 0.6) is 0 Å². The Morgan fingerprint density at radius 1 is 1.22 bits per heavy atom. The second-order valence-electron chi connectivity index (χ2n) is 6.67. The molecule has 3 rings (SSSR count). The van der Waals surface area contributed by atoms with Crippen molar-refractivity contribution >= 4 is 23.6 Å². The van der Waals surface area contributed by atoms with Crippen LogP contribution in [0.25, 0.3) is 0 Å². The van der Waals surface area contributed by atoms with E-state index in [9.17, 15) is 22.8 Å². The third-order valence-electron chi connectivity index (χ3n) is 4.81. The largest absolute Gasteiger partial charge is 0.416 e. The predicted octanol–water partition coefficient (Wildman–Crippen LogP) is 1.97. The van der Waals surface area contributed by atoms with Crippen LogP contribution in [0.2, 0.25) is 0 Å². The summed E-state index contributed by atoms with van der Waals surface area (Å²) >= 11 is 1.79. The summed E-state index contributed by atoms with van der Waals surface area (Å²) in [5.74, 6) is 1.45. The molecule has 0 unspecified atom stereocenters. The Morgan fingerprint density at radius 3 is 2.67 bits per heavy atom. The molecule has 0 spiro atoms. The minimum absolute atomic E-state index is 0.0511. The van der Waals surface area contributed by atoms with Gasteiger partial charge in [-0.05, 0) is 11.6 Å². The molecule has 1 N–H and O–H groups in total. The third kappa shape index (κ3) is 5.16. The van der Waals surface area contributed by atoms with Gasteiger partial charge in [0.15, 0.2) is 0 Å². The molecule has 2 aliphatic rings. The van der Waals surface area contributed by atoms with Crippen LogP contribution in [-0.4, -0.2) is 65.3 Å². The number of hydrogen-bond donors (Lipinski definition) is 1. The first-order chi connectivity index (χ1) is 12.8. The number of carbonyl (C=O) groups is 2. The highest BCUT2D eigenvalue weighted by atomic mass is 32.2. The quantitative estimate of drug-likeness (QED) is 0.838. The van der Waals surface area contributed by atoms with Gasteiger partial charge in [-0.25, -0.2) is 0 Å². The van der Waals surface area contributed by atoms with Crippen LogP contribution in [0.1, 0.15) is 17.5 Å². The van der Waals surface area contributed by atoms with E-state index in [0.29, 0.717) is 31.7 Å². The summed E-state index contributed by atoms with van der Waals surface area (Å²) in [6.45, 7) is 2.46. The molecule has 1 atom stereocenters. The molecule has 2 heterocycles. The fourth-order valence-electron chi connectivity index (χ4n) is 3.36. The van der Waals surface area contributed by atoms with E-state index >= 15 is 0 Å². The smallest absolute Gasteiger partial charge is 0.353 e. The Bertz CT molecular complexity index is 693. The Hall–Kier alpha value is -1.74. The van der Waals surface area contributed by atoms with Crippen LogP contribution >= 0.6 is 11.8 Å². The van der Waals surface area contributed by atoms with Gasteiger partial charge in [0.2, 0.25) is 11.8 Å². The van der Waals surface area contributed by atoms with Crippen molar-refractivity contribution < 1.29 is 22.8 Å². The molecule has 2 aliphatic heterocycles. The Labute approximate surface area is 160 Å². The highest BCUT2D eigenvalue weighted by molar-refractivity contribution is 7.99. The lowest BCUT2D eigenvalue weighted by atomic mass is 10.0. The fraction of sp³-hybridized carbons (Fsp3) is 0.556. The first-order valence-electron chi connectivity index (χ1n) is 8.88. The first kappa shape index (κ1) is 20.0. The van der Waals surface area contributed by atoms with Crippen LogP contribution in [-0.2, 0) is 22.3 Å². The lowest BCUT2D eigenvalue weighted by Crippen LogP contribution is -2.56. The van der Waals surface area contributed by atoms with Gasteiger partial charge in [0, 0.05) is 44.2 Å². The molecule has 0 radical (unpaired) electrons. The molecule has 9 heteroatoms. The number of alkyl halides is 3. The maximum absolute atomic E-state index is 12.9. The number of halogens is 3. The molecule has 2 fully saturated rings. The standard InChI is InChI=1S/C18H22F3N3O2S/c19-18(20,21)14-3-1-2-13(10-14)12-24-5-4-22-17(26)15(24)11-16(25)23-6-8-27-9-7-23/h1-3,10,15H,4-9,11-12H2,(H,22,26)/t15-/m1/s1. The summed E-state index contributed by atoms with van der Waals surface area (Å²) in [6.07, 6.45) is -4.35. The zero-order valence-corrected chi connectivity index (χ0v) is 15.6. The van der Waals surface area contributed by atoms with Gasteiger partial charge < -0.3 is 10.2 Å². The number of piperazine rings is 1. The van der Waals surface area contributed by atoms with Crippen molar-refractivity contribution in [1.29, 1.82) is 0 Å². The summed E-state index contributed by atoms with van der Waals surface area (Å²) in [5, 5.41) is 2.76. The van der Waals surface area contributed by atoms with E-state index < -0.39 is 17.8 Å². The van der Waals surface area contributed by atoms with E-state index in [-0.39, 0.29) is 24.8 Å².